The molecule has 0 saturated carbocycles. The molecule has 1 aromatic carbocycles. The molecule has 7 heteroatoms. The summed E-state index contributed by atoms with van der Waals surface area (Å²) in [6.07, 6.45) is 5.92. The lowest BCUT2D eigenvalue weighted by Gasteiger charge is -2.19. The van der Waals surface area contributed by atoms with Crippen molar-refractivity contribution < 1.29 is 0 Å². The Morgan fingerprint density at radius 1 is 1.38 bits per heavy atom. The third-order valence-corrected chi connectivity index (χ3v) is 4.26. The molecule has 0 fully saturated rings. The van der Waals surface area contributed by atoms with Gasteiger partial charge >= 0.3 is 0 Å². The molecule has 2 rings (SSSR count). The van der Waals surface area contributed by atoms with Crippen molar-refractivity contribution in [3.63, 3.8) is 0 Å². The van der Waals surface area contributed by atoms with E-state index in [9.17, 15) is 0 Å². The topological polar surface area (TPSA) is 54.2 Å². The summed E-state index contributed by atoms with van der Waals surface area (Å²) in [5, 5.41) is 12.1. The minimum absolute atomic E-state index is 0.0271. The second-order valence-corrected chi connectivity index (χ2v) is 6.50. The third-order valence-electron chi connectivity index (χ3n) is 3.70. The summed E-state index contributed by atoms with van der Waals surface area (Å²) in [4.78, 5) is 4.26. The molecule has 0 aliphatic rings. The monoisotopic (exact) mass is 367 g/mol. The average Bonchev–Trinajstić information content (AvgIpc) is 2.95. The first-order chi connectivity index (χ1) is 11.5. The zero-order valence-corrected chi connectivity index (χ0v) is 15.7. The molecule has 1 unspecified atom stereocenters. The number of benzene rings is 1. The molecular formula is C17H23Cl2N5. The van der Waals surface area contributed by atoms with E-state index < -0.39 is 0 Å². The molecule has 0 bridgehead atoms. The first-order valence-electron chi connectivity index (χ1n) is 7.89. The fourth-order valence-electron chi connectivity index (χ4n) is 2.43. The quantitative estimate of drug-likeness (QED) is 0.466. The number of nitrogens with one attached hydrogen (secondary N) is 2. The highest BCUT2D eigenvalue weighted by atomic mass is 35.5. The molecule has 24 heavy (non-hydrogen) atoms. The van der Waals surface area contributed by atoms with Gasteiger partial charge in [-0.05, 0) is 43.0 Å². The summed E-state index contributed by atoms with van der Waals surface area (Å²) in [7, 11) is 3.68. The van der Waals surface area contributed by atoms with Gasteiger partial charge in [0, 0.05) is 36.9 Å². The Balaban J connectivity index is 1.81. The minimum atomic E-state index is 0.0271. The van der Waals surface area contributed by atoms with E-state index in [1.807, 2.05) is 43.2 Å². The van der Waals surface area contributed by atoms with Crippen molar-refractivity contribution in [3.8, 4) is 0 Å². The van der Waals surface area contributed by atoms with Gasteiger partial charge in [0.25, 0.3) is 0 Å². The Kier molecular flexibility index (Phi) is 6.94. The number of halogens is 2. The van der Waals surface area contributed by atoms with Gasteiger partial charge in [-0.3, -0.25) is 9.67 Å². The molecule has 0 amide bonds. The van der Waals surface area contributed by atoms with Crippen LogP contribution in [-0.2, 0) is 13.5 Å². The van der Waals surface area contributed by atoms with E-state index in [2.05, 4.69) is 20.7 Å². The molecule has 1 atom stereocenters. The fourth-order valence-corrected chi connectivity index (χ4v) is 3.00. The Hall–Kier alpha value is -1.72. The van der Waals surface area contributed by atoms with Crippen LogP contribution in [0, 0.1) is 0 Å². The summed E-state index contributed by atoms with van der Waals surface area (Å²) in [5.41, 5.74) is 2.22. The molecule has 1 aromatic heterocycles. The average molecular weight is 368 g/mol. The van der Waals surface area contributed by atoms with E-state index in [4.69, 9.17) is 23.2 Å². The van der Waals surface area contributed by atoms with Crippen molar-refractivity contribution in [1.29, 1.82) is 0 Å². The first kappa shape index (κ1) is 18.6. The number of rotatable bonds is 6. The van der Waals surface area contributed by atoms with Crippen LogP contribution < -0.4 is 10.6 Å². The smallest absolute Gasteiger partial charge is 0.191 e. The highest BCUT2D eigenvalue weighted by molar-refractivity contribution is 6.35. The predicted octanol–water partition coefficient (Wildman–Crippen LogP) is 3.59. The van der Waals surface area contributed by atoms with Gasteiger partial charge in [0.05, 0.1) is 12.2 Å². The Morgan fingerprint density at radius 2 is 2.17 bits per heavy atom. The molecular weight excluding hydrogens is 345 g/mol. The van der Waals surface area contributed by atoms with Crippen LogP contribution in [0.15, 0.2) is 35.6 Å². The maximum Gasteiger partial charge on any atom is 0.191 e. The molecule has 1 heterocycles. The van der Waals surface area contributed by atoms with Gasteiger partial charge in [-0.15, -0.1) is 0 Å². The Labute approximate surface area is 153 Å². The van der Waals surface area contributed by atoms with Crippen molar-refractivity contribution in [2.45, 2.75) is 25.8 Å². The van der Waals surface area contributed by atoms with E-state index in [0.717, 1.165) is 30.9 Å². The van der Waals surface area contributed by atoms with Crippen LogP contribution in [0.3, 0.4) is 0 Å². The molecule has 130 valence electrons. The highest BCUT2D eigenvalue weighted by Gasteiger charge is 2.11. The molecule has 0 radical (unpaired) electrons. The third kappa shape index (κ3) is 5.42. The predicted molar refractivity (Wildman–Crippen MR) is 101 cm³/mol. The second-order valence-electron chi connectivity index (χ2n) is 5.66. The van der Waals surface area contributed by atoms with E-state index in [-0.39, 0.29) is 6.04 Å². The number of nitrogens with zero attached hydrogens (tertiary/aromatic N) is 3. The Bertz CT molecular complexity index is 696. The maximum absolute atomic E-state index is 6.26. The summed E-state index contributed by atoms with van der Waals surface area (Å²) in [5.74, 6) is 0.750. The van der Waals surface area contributed by atoms with Crippen LogP contribution in [0.4, 0.5) is 0 Å². The van der Waals surface area contributed by atoms with Gasteiger partial charge in [0.15, 0.2) is 5.96 Å². The van der Waals surface area contributed by atoms with Crippen molar-refractivity contribution in [1.82, 2.24) is 20.4 Å². The summed E-state index contributed by atoms with van der Waals surface area (Å²) >= 11 is 12.2. The molecule has 0 aliphatic heterocycles. The highest BCUT2D eigenvalue weighted by Crippen LogP contribution is 2.25. The zero-order chi connectivity index (χ0) is 17.5. The van der Waals surface area contributed by atoms with Crippen LogP contribution in [0.5, 0.6) is 0 Å². The second kappa shape index (κ2) is 8.94. The number of aliphatic imine (C=N–C) groups is 1. The van der Waals surface area contributed by atoms with Crippen LogP contribution in [0.2, 0.25) is 10.0 Å². The molecule has 0 spiro atoms. The summed E-state index contributed by atoms with van der Waals surface area (Å²) in [6, 6.07) is 5.54. The van der Waals surface area contributed by atoms with Gasteiger partial charge in [-0.25, -0.2) is 0 Å². The zero-order valence-electron chi connectivity index (χ0n) is 14.2. The van der Waals surface area contributed by atoms with Gasteiger partial charge in [0.2, 0.25) is 0 Å². The normalized spacial score (nSPS) is 13.0. The lowest BCUT2D eigenvalue weighted by Crippen LogP contribution is -2.39. The molecule has 5 nitrogen and oxygen atoms in total. The number of aryl methyl sites for hydroxylation is 2. The van der Waals surface area contributed by atoms with E-state index in [1.165, 1.54) is 5.56 Å². The first-order valence-corrected chi connectivity index (χ1v) is 8.65. The van der Waals surface area contributed by atoms with E-state index >= 15 is 0 Å². The minimum Gasteiger partial charge on any atom is -0.356 e. The largest absolute Gasteiger partial charge is 0.356 e. The van der Waals surface area contributed by atoms with Gasteiger partial charge in [0.1, 0.15) is 0 Å². The van der Waals surface area contributed by atoms with Crippen molar-refractivity contribution in [2.24, 2.45) is 12.0 Å². The fraction of sp³-hybridized carbons (Fsp3) is 0.412. The molecule has 2 aromatic rings. The van der Waals surface area contributed by atoms with Gasteiger partial charge < -0.3 is 10.6 Å². The van der Waals surface area contributed by atoms with Crippen LogP contribution in [0.25, 0.3) is 0 Å². The van der Waals surface area contributed by atoms with Gasteiger partial charge in [-0.1, -0.05) is 29.3 Å². The Morgan fingerprint density at radius 3 is 2.79 bits per heavy atom. The van der Waals surface area contributed by atoms with Gasteiger partial charge in [-0.2, -0.15) is 5.10 Å². The maximum atomic E-state index is 6.26. The standard InChI is InChI=1S/C17H23Cl2N5/c1-12(15-7-6-14(18)9-16(15)19)23-17(20-2)21-8-4-5-13-10-22-24(3)11-13/h6-7,9-12H,4-5,8H2,1-3H3,(H2,20,21,23). The molecule has 2 N–H and O–H groups in total. The van der Waals surface area contributed by atoms with Crippen LogP contribution >= 0.6 is 23.2 Å². The lowest BCUT2D eigenvalue weighted by atomic mass is 10.1. The van der Waals surface area contributed by atoms with Crippen molar-refractivity contribution in [2.75, 3.05) is 13.6 Å². The van der Waals surface area contributed by atoms with Crippen LogP contribution in [-0.4, -0.2) is 29.3 Å². The van der Waals surface area contributed by atoms with Crippen molar-refractivity contribution >= 4 is 29.2 Å². The number of hydrogen-bond donors (Lipinski definition) is 2. The number of aromatic nitrogens is 2. The molecule has 0 aliphatic carbocycles. The van der Waals surface area contributed by atoms with E-state index in [0.29, 0.717) is 10.0 Å². The number of hydrogen-bond acceptors (Lipinski definition) is 2. The van der Waals surface area contributed by atoms with Crippen molar-refractivity contribution in [3.05, 3.63) is 51.8 Å². The lowest BCUT2D eigenvalue weighted by molar-refractivity contribution is 0.674. The summed E-state index contributed by atoms with van der Waals surface area (Å²) in [6.45, 7) is 2.87. The van der Waals surface area contributed by atoms with E-state index in [1.54, 1.807) is 13.1 Å². The summed E-state index contributed by atoms with van der Waals surface area (Å²) < 4.78 is 1.82. The SMILES string of the molecule is CN=C(NCCCc1cnn(C)c1)NC(C)c1ccc(Cl)cc1Cl. The molecule has 0 saturated heterocycles. The number of guanidine groups is 1. The van der Waals surface area contributed by atoms with Crippen LogP contribution in [0.1, 0.15) is 30.5 Å².